The molecule has 5 heteroatoms. The zero-order valence-corrected chi connectivity index (χ0v) is 11.5. The van der Waals surface area contributed by atoms with Gasteiger partial charge in [-0.15, -0.1) is 0 Å². The lowest BCUT2D eigenvalue weighted by Crippen LogP contribution is -2.19. The van der Waals surface area contributed by atoms with Crippen LogP contribution in [0.4, 0.5) is 5.82 Å². The summed E-state index contributed by atoms with van der Waals surface area (Å²) in [5, 5.41) is 4.39. The molecule has 1 atom stereocenters. The zero-order chi connectivity index (χ0) is 12.4. The number of para-hydroxylation sites is 1. The first-order valence-corrected chi connectivity index (χ1v) is 6.88. The summed E-state index contributed by atoms with van der Waals surface area (Å²) in [5.74, 6) is 0.872. The topological polar surface area (TPSA) is 47.0 Å². The van der Waals surface area contributed by atoms with Crippen molar-refractivity contribution < 1.29 is 4.74 Å². The molecule has 1 fully saturated rings. The van der Waals surface area contributed by atoms with Gasteiger partial charge in [-0.2, -0.15) is 0 Å². The first-order valence-electron chi connectivity index (χ1n) is 6.09. The number of nitrogens with zero attached hydrogens (tertiary/aromatic N) is 2. The largest absolute Gasteiger partial charge is 0.376 e. The Bertz CT molecular complexity index is 555. The molecule has 0 radical (unpaired) electrons. The van der Waals surface area contributed by atoms with Gasteiger partial charge < -0.3 is 10.1 Å². The molecule has 0 aliphatic carbocycles. The van der Waals surface area contributed by atoms with Crippen molar-refractivity contribution in [2.45, 2.75) is 18.9 Å². The molecular weight excluding hydrogens is 294 g/mol. The summed E-state index contributed by atoms with van der Waals surface area (Å²) >= 11 is 3.51. The van der Waals surface area contributed by atoms with Crippen molar-refractivity contribution in [2.75, 3.05) is 18.5 Å². The van der Waals surface area contributed by atoms with E-state index in [9.17, 15) is 0 Å². The molecule has 18 heavy (non-hydrogen) atoms. The molecule has 1 aromatic heterocycles. The van der Waals surface area contributed by atoms with Gasteiger partial charge in [0.05, 0.1) is 11.6 Å². The quantitative estimate of drug-likeness (QED) is 0.947. The monoisotopic (exact) mass is 307 g/mol. The average molecular weight is 308 g/mol. The first-order chi connectivity index (χ1) is 8.84. The van der Waals surface area contributed by atoms with E-state index < -0.39 is 0 Å². The molecule has 0 spiro atoms. The van der Waals surface area contributed by atoms with Crippen molar-refractivity contribution in [2.24, 2.45) is 0 Å². The highest BCUT2D eigenvalue weighted by atomic mass is 79.9. The van der Waals surface area contributed by atoms with Crippen LogP contribution in [0.25, 0.3) is 10.9 Å². The summed E-state index contributed by atoms with van der Waals surface area (Å²) in [4.78, 5) is 8.60. The molecule has 0 amide bonds. The second kappa shape index (κ2) is 5.20. The first kappa shape index (κ1) is 11.9. The summed E-state index contributed by atoms with van der Waals surface area (Å²) < 4.78 is 6.58. The van der Waals surface area contributed by atoms with Crippen molar-refractivity contribution in [3.8, 4) is 0 Å². The summed E-state index contributed by atoms with van der Waals surface area (Å²) in [7, 11) is 0. The van der Waals surface area contributed by atoms with Gasteiger partial charge in [0.2, 0.25) is 0 Å². The molecule has 1 aliphatic heterocycles. The number of aromatic nitrogens is 2. The van der Waals surface area contributed by atoms with E-state index in [0.29, 0.717) is 6.10 Å². The Morgan fingerprint density at radius 3 is 3.17 bits per heavy atom. The van der Waals surface area contributed by atoms with E-state index in [1.165, 1.54) is 0 Å². The Morgan fingerprint density at radius 1 is 1.39 bits per heavy atom. The highest BCUT2D eigenvalue weighted by Crippen LogP contribution is 2.26. The van der Waals surface area contributed by atoms with Crippen molar-refractivity contribution >= 4 is 32.7 Å². The van der Waals surface area contributed by atoms with E-state index in [4.69, 9.17) is 4.74 Å². The number of halogens is 1. The highest BCUT2D eigenvalue weighted by molar-refractivity contribution is 9.10. The van der Waals surface area contributed by atoms with E-state index in [0.717, 1.165) is 47.2 Å². The summed E-state index contributed by atoms with van der Waals surface area (Å²) in [6.45, 7) is 1.68. The fourth-order valence-corrected chi connectivity index (χ4v) is 2.68. The number of nitrogens with one attached hydrogen (secondary N) is 1. The molecule has 4 nitrogen and oxygen atoms in total. The minimum Gasteiger partial charge on any atom is -0.376 e. The van der Waals surface area contributed by atoms with Crippen LogP contribution in [0, 0.1) is 0 Å². The van der Waals surface area contributed by atoms with E-state index >= 15 is 0 Å². The Hall–Kier alpha value is -1.20. The maximum atomic E-state index is 5.60. The molecule has 2 heterocycles. The van der Waals surface area contributed by atoms with Crippen molar-refractivity contribution in [3.05, 3.63) is 29.0 Å². The minimum absolute atomic E-state index is 0.308. The molecular formula is C13H14BrN3O. The molecule has 1 N–H and O–H groups in total. The molecule has 1 unspecified atom stereocenters. The lowest BCUT2D eigenvalue weighted by atomic mass is 10.2. The van der Waals surface area contributed by atoms with Crippen LogP contribution < -0.4 is 5.32 Å². The van der Waals surface area contributed by atoms with Crippen LogP contribution in [-0.2, 0) is 4.74 Å². The molecule has 0 bridgehead atoms. The Labute approximate surface area is 114 Å². The molecule has 1 aliphatic rings. The van der Waals surface area contributed by atoms with Gasteiger partial charge in [0.15, 0.2) is 0 Å². The van der Waals surface area contributed by atoms with E-state index in [1.807, 2.05) is 18.2 Å². The number of fused-ring (bicyclic) bond motifs is 1. The number of hydrogen-bond donors (Lipinski definition) is 1. The van der Waals surface area contributed by atoms with Crippen LogP contribution in [0.3, 0.4) is 0 Å². The normalized spacial score (nSPS) is 19.3. The highest BCUT2D eigenvalue weighted by Gasteiger charge is 2.15. The van der Waals surface area contributed by atoms with Crippen molar-refractivity contribution in [3.63, 3.8) is 0 Å². The summed E-state index contributed by atoms with van der Waals surface area (Å²) in [6, 6.07) is 6.00. The molecule has 1 saturated heterocycles. The third kappa shape index (κ3) is 2.33. The second-order valence-corrected chi connectivity index (χ2v) is 5.23. The number of anilines is 1. The standard InChI is InChI=1S/C13H14BrN3O/c14-11-5-1-4-10-12(11)16-8-17-13(10)15-7-9-3-2-6-18-9/h1,4-5,8-9H,2-3,6-7H2,(H,15,16,17). The predicted octanol–water partition coefficient (Wildman–Crippen LogP) is 2.98. The van der Waals surface area contributed by atoms with E-state index in [2.05, 4.69) is 31.2 Å². The SMILES string of the molecule is Brc1cccc2c(NCC3CCCO3)ncnc12. The number of benzene rings is 1. The molecule has 0 saturated carbocycles. The van der Waals surface area contributed by atoms with Crippen LogP contribution in [0.2, 0.25) is 0 Å². The van der Waals surface area contributed by atoms with Gasteiger partial charge in [-0.1, -0.05) is 6.07 Å². The van der Waals surface area contributed by atoms with Gasteiger partial charge in [-0.3, -0.25) is 0 Å². The summed E-state index contributed by atoms with van der Waals surface area (Å²) in [6.07, 6.45) is 4.18. The van der Waals surface area contributed by atoms with Crippen molar-refractivity contribution in [1.82, 2.24) is 9.97 Å². The molecule has 3 rings (SSSR count). The van der Waals surface area contributed by atoms with E-state index in [1.54, 1.807) is 6.33 Å². The van der Waals surface area contributed by atoms with Gasteiger partial charge in [-0.25, -0.2) is 9.97 Å². The maximum absolute atomic E-state index is 5.60. The van der Waals surface area contributed by atoms with Crippen LogP contribution in [0.5, 0.6) is 0 Å². The van der Waals surface area contributed by atoms with Crippen LogP contribution >= 0.6 is 15.9 Å². The second-order valence-electron chi connectivity index (χ2n) is 4.37. The molecule has 94 valence electrons. The summed E-state index contributed by atoms with van der Waals surface area (Å²) in [5.41, 5.74) is 0.933. The minimum atomic E-state index is 0.308. The van der Waals surface area contributed by atoms with Crippen LogP contribution in [0.1, 0.15) is 12.8 Å². The third-order valence-electron chi connectivity index (χ3n) is 3.14. The average Bonchev–Trinajstić information content (AvgIpc) is 2.90. The maximum Gasteiger partial charge on any atom is 0.137 e. The van der Waals surface area contributed by atoms with Crippen molar-refractivity contribution in [1.29, 1.82) is 0 Å². The smallest absolute Gasteiger partial charge is 0.137 e. The van der Waals surface area contributed by atoms with Gasteiger partial charge in [0.25, 0.3) is 0 Å². The van der Waals surface area contributed by atoms with Crippen LogP contribution in [-0.4, -0.2) is 29.2 Å². The Morgan fingerprint density at radius 2 is 2.33 bits per heavy atom. The lowest BCUT2D eigenvalue weighted by Gasteiger charge is -2.12. The van der Waals surface area contributed by atoms with Gasteiger partial charge in [-0.05, 0) is 40.9 Å². The Kier molecular flexibility index (Phi) is 3.43. The van der Waals surface area contributed by atoms with Gasteiger partial charge in [0.1, 0.15) is 12.1 Å². The zero-order valence-electron chi connectivity index (χ0n) is 9.90. The van der Waals surface area contributed by atoms with Gasteiger partial charge in [0, 0.05) is 23.0 Å². The van der Waals surface area contributed by atoms with Crippen LogP contribution in [0.15, 0.2) is 29.0 Å². The van der Waals surface area contributed by atoms with Gasteiger partial charge >= 0.3 is 0 Å². The third-order valence-corrected chi connectivity index (χ3v) is 3.78. The lowest BCUT2D eigenvalue weighted by molar-refractivity contribution is 0.120. The number of ether oxygens (including phenoxy) is 1. The number of rotatable bonds is 3. The fraction of sp³-hybridized carbons (Fsp3) is 0.385. The fourth-order valence-electron chi connectivity index (χ4n) is 2.21. The molecule has 1 aromatic carbocycles. The molecule has 2 aromatic rings. The predicted molar refractivity (Wildman–Crippen MR) is 74.7 cm³/mol. The Balaban J connectivity index is 1.85. The van der Waals surface area contributed by atoms with E-state index in [-0.39, 0.29) is 0 Å². The number of hydrogen-bond acceptors (Lipinski definition) is 4.